The second kappa shape index (κ2) is 9.59. The van der Waals surface area contributed by atoms with Gasteiger partial charge in [0.15, 0.2) is 17.4 Å². The Morgan fingerprint density at radius 3 is 2.33 bits per heavy atom. The summed E-state index contributed by atoms with van der Waals surface area (Å²) in [5.41, 5.74) is -0.0517. The number of benzene rings is 1. The minimum absolute atomic E-state index is 0.0517. The first-order valence-corrected chi connectivity index (χ1v) is 10.0. The Morgan fingerprint density at radius 2 is 1.67 bits per heavy atom. The predicted molar refractivity (Wildman–Crippen MR) is 115 cm³/mol. The van der Waals surface area contributed by atoms with Crippen LogP contribution in [0.15, 0.2) is 60.8 Å². The van der Waals surface area contributed by atoms with Gasteiger partial charge >= 0.3 is 12.4 Å². The summed E-state index contributed by atoms with van der Waals surface area (Å²) >= 11 is 0. The lowest BCUT2D eigenvalue weighted by atomic mass is 10.3. The number of alkyl halides is 3. The van der Waals surface area contributed by atoms with Crippen LogP contribution in [0.3, 0.4) is 0 Å². The van der Waals surface area contributed by atoms with E-state index in [0.29, 0.717) is 43.6 Å². The number of halogens is 3. The lowest BCUT2D eigenvalue weighted by Gasteiger charge is -2.35. The SMILES string of the molecule is O=C(Nc1ccccc1OC(F)(F)F)N1CCN(c2ccc(Nc3ccccn3)nn2)CC1. The number of urea groups is 1. The number of pyridine rings is 1. The second-order valence-corrected chi connectivity index (χ2v) is 7.06. The standard InChI is InChI=1S/C21H20F3N7O2/c22-21(23,24)33-16-6-2-1-5-15(16)26-20(32)31-13-11-30(12-14-31)19-9-8-18(28-29-19)27-17-7-3-4-10-25-17/h1-10H,11-14H2,(H,26,32)(H,25,27,28). The van der Waals surface area contributed by atoms with Crippen LogP contribution in [-0.2, 0) is 0 Å². The van der Waals surface area contributed by atoms with E-state index in [0.717, 1.165) is 6.07 Å². The fourth-order valence-corrected chi connectivity index (χ4v) is 3.24. The Kier molecular flexibility index (Phi) is 6.43. The molecule has 1 aliphatic rings. The summed E-state index contributed by atoms with van der Waals surface area (Å²) in [6, 6.07) is 14.0. The number of nitrogens with zero attached hydrogens (tertiary/aromatic N) is 5. The molecule has 1 saturated heterocycles. The molecular weight excluding hydrogens is 439 g/mol. The minimum Gasteiger partial charge on any atom is -0.404 e. The molecule has 0 unspecified atom stereocenters. The van der Waals surface area contributed by atoms with E-state index >= 15 is 0 Å². The maximum atomic E-state index is 12.6. The molecule has 2 aromatic heterocycles. The number of amides is 2. The van der Waals surface area contributed by atoms with Gasteiger partial charge in [0.05, 0.1) is 5.69 Å². The first kappa shape index (κ1) is 22.1. The maximum absolute atomic E-state index is 12.6. The van der Waals surface area contributed by atoms with Crippen LogP contribution in [-0.4, -0.2) is 58.7 Å². The van der Waals surface area contributed by atoms with Crippen LogP contribution in [0.25, 0.3) is 0 Å². The van der Waals surface area contributed by atoms with Crippen molar-refractivity contribution in [3.05, 3.63) is 60.8 Å². The molecule has 33 heavy (non-hydrogen) atoms. The van der Waals surface area contributed by atoms with E-state index in [4.69, 9.17) is 0 Å². The zero-order valence-electron chi connectivity index (χ0n) is 17.3. The van der Waals surface area contributed by atoms with E-state index in [9.17, 15) is 18.0 Å². The molecule has 0 radical (unpaired) electrons. The predicted octanol–water partition coefficient (Wildman–Crippen LogP) is 3.87. The van der Waals surface area contributed by atoms with Crippen molar-refractivity contribution in [2.75, 3.05) is 41.7 Å². The average Bonchev–Trinajstić information content (AvgIpc) is 2.81. The van der Waals surface area contributed by atoms with Crippen molar-refractivity contribution >= 4 is 29.2 Å². The van der Waals surface area contributed by atoms with Gasteiger partial charge in [-0.2, -0.15) is 0 Å². The fraction of sp³-hybridized carbons (Fsp3) is 0.238. The van der Waals surface area contributed by atoms with E-state index in [1.54, 1.807) is 12.3 Å². The molecule has 0 spiro atoms. The van der Waals surface area contributed by atoms with Gasteiger partial charge in [-0.3, -0.25) is 0 Å². The van der Waals surface area contributed by atoms with Gasteiger partial charge in [0, 0.05) is 32.4 Å². The molecule has 0 bridgehead atoms. The number of hydrogen-bond donors (Lipinski definition) is 2. The van der Waals surface area contributed by atoms with Gasteiger partial charge in [-0.25, -0.2) is 9.78 Å². The van der Waals surface area contributed by atoms with Crippen molar-refractivity contribution in [2.24, 2.45) is 0 Å². The van der Waals surface area contributed by atoms with Crippen molar-refractivity contribution in [1.29, 1.82) is 0 Å². The van der Waals surface area contributed by atoms with E-state index in [2.05, 4.69) is 30.6 Å². The molecule has 9 nitrogen and oxygen atoms in total. The third kappa shape index (κ3) is 5.99. The minimum atomic E-state index is -4.85. The second-order valence-electron chi connectivity index (χ2n) is 7.06. The Morgan fingerprint density at radius 1 is 0.909 bits per heavy atom. The summed E-state index contributed by atoms with van der Waals surface area (Å²) in [7, 11) is 0. The number of ether oxygens (including phenoxy) is 1. The lowest BCUT2D eigenvalue weighted by Crippen LogP contribution is -2.50. The van der Waals surface area contributed by atoms with Crippen molar-refractivity contribution in [1.82, 2.24) is 20.1 Å². The summed E-state index contributed by atoms with van der Waals surface area (Å²) in [6.07, 6.45) is -3.18. The molecular formula is C21H20F3N7O2. The highest BCUT2D eigenvalue weighted by molar-refractivity contribution is 5.91. The van der Waals surface area contributed by atoms with Crippen LogP contribution in [0.5, 0.6) is 5.75 Å². The van der Waals surface area contributed by atoms with E-state index in [-0.39, 0.29) is 5.69 Å². The van der Waals surface area contributed by atoms with Crippen molar-refractivity contribution in [2.45, 2.75) is 6.36 Å². The highest BCUT2D eigenvalue weighted by Gasteiger charge is 2.32. The first-order valence-electron chi connectivity index (χ1n) is 10.0. The van der Waals surface area contributed by atoms with Crippen LogP contribution in [0.2, 0.25) is 0 Å². The van der Waals surface area contributed by atoms with E-state index in [1.165, 1.54) is 23.1 Å². The summed E-state index contributed by atoms with van der Waals surface area (Å²) < 4.78 is 41.7. The van der Waals surface area contributed by atoms with Gasteiger partial charge in [0.2, 0.25) is 0 Å². The quantitative estimate of drug-likeness (QED) is 0.598. The molecule has 0 saturated carbocycles. The topological polar surface area (TPSA) is 95.5 Å². The van der Waals surface area contributed by atoms with Crippen LogP contribution in [0.1, 0.15) is 0 Å². The van der Waals surface area contributed by atoms with E-state index < -0.39 is 18.1 Å². The zero-order valence-corrected chi connectivity index (χ0v) is 17.3. The highest BCUT2D eigenvalue weighted by atomic mass is 19.4. The lowest BCUT2D eigenvalue weighted by molar-refractivity contribution is -0.274. The maximum Gasteiger partial charge on any atom is 0.573 e. The zero-order chi connectivity index (χ0) is 23.3. The van der Waals surface area contributed by atoms with Gasteiger partial charge in [-0.1, -0.05) is 18.2 Å². The summed E-state index contributed by atoms with van der Waals surface area (Å²) in [5, 5.41) is 13.9. The van der Waals surface area contributed by atoms with Gasteiger partial charge in [-0.15, -0.1) is 23.4 Å². The molecule has 0 aliphatic carbocycles. The number of anilines is 4. The first-order chi connectivity index (χ1) is 15.9. The Bertz CT molecular complexity index is 1070. The average molecular weight is 459 g/mol. The number of rotatable bonds is 5. The molecule has 172 valence electrons. The Labute approximate surface area is 187 Å². The monoisotopic (exact) mass is 459 g/mol. The normalized spacial score (nSPS) is 14.0. The molecule has 3 aromatic rings. The molecule has 1 fully saturated rings. The van der Waals surface area contributed by atoms with E-state index in [1.807, 2.05) is 29.2 Å². The number of piperazine rings is 1. The summed E-state index contributed by atoms with van der Waals surface area (Å²) in [6.45, 7) is 1.72. The summed E-state index contributed by atoms with van der Waals surface area (Å²) in [4.78, 5) is 20.2. The van der Waals surface area contributed by atoms with Gasteiger partial charge in [0.25, 0.3) is 0 Å². The number of carbonyl (C=O) groups excluding carboxylic acids is 1. The highest BCUT2D eigenvalue weighted by Crippen LogP contribution is 2.30. The third-order valence-electron chi connectivity index (χ3n) is 4.82. The Hall–Kier alpha value is -4.09. The summed E-state index contributed by atoms with van der Waals surface area (Å²) in [5.74, 6) is 1.40. The largest absolute Gasteiger partial charge is 0.573 e. The Balaban J connectivity index is 1.31. The number of carbonyl (C=O) groups is 1. The number of nitrogens with one attached hydrogen (secondary N) is 2. The molecule has 0 atom stereocenters. The van der Waals surface area contributed by atoms with Crippen molar-refractivity contribution in [3.8, 4) is 5.75 Å². The molecule has 1 aliphatic heterocycles. The number of hydrogen-bond acceptors (Lipinski definition) is 7. The molecule has 4 rings (SSSR count). The molecule has 2 amide bonds. The van der Waals surface area contributed by atoms with Crippen LogP contribution in [0, 0.1) is 0 Å². The number of aromatic nitrogens is 3. The third-order valence-corrected chi connectivity index (χ3v) is 4.82. The fourth-order valence-electron chi connectivity index (χ4n) is 3.24. The van der Waals surface area contributed by atoms with Crippen molar-refractivity contribution < 1.29 is 22.7 Å². The van der Waals surface area contributed by atoms with Crippen molar-refractivity contribution in [3.63, 3.8) is 0 Å². The van der Waals surface area contributed by atoms with Gasteiger partial charge in [0.1, 0.15) is 5.82 Å². The molecule has 3 heterocycles. The van der Waals surface area contributed by atoms with Gasteiger partial charge < -0.3 is 25.2 Å². The molecule has 1 aromatic carbocycles. The molecule has 2 N–H and O–H groups in total. The van der Waals surface area contributed by atoms with Crippen LogP contribution < -0.4 is 20.3 Å². The smallest absolute Gasteiger partial charge is 0.404 e. The number of para-hydroxylation sites is 2. The van der Waals surface area contributed by atoms with Crippen LogP contribution >= 0.6 is 0 Å². The van der Waals surface area contributed by atoms with Crippen LogP contribution in [0.4, 0.5) is 41.1 Å². The van der Waals surface area contributed by atoms with Gasteiger partial charge in [-0.05, 0) is 36.4 Å². The molecule has 12 heteroatoms.